The smallest absolute Gasteiger partial charge is 0.127 e. The number of hydrogen-bond acceptors (Lipinski definition) is 2. The van der Waals surface area contributed by atoms with Gasteiger partial charge in [0.2, 0.25) is 0 Å². The molecule has 0 amide bonds. The van der Waals surface area contributed by atoms with Gasteiger partial charge >= 0.3 is 0 Å². The van der Waals surface area contributed by atoms with Crippen molar-refractivity contribution in [1.82, 2.24) is 4.90 Å². The number of benzene rings is 2. The van der Waals surface area contributed by atoms with Crippen LogP contribution in [0.25, 0.3) is 0 Å². The second kappa shape index (κ2) is 8.41. The maximum Gasteiger partial charge on any atom is 0.127 e. The summed E-state index contributed by atoms with van der Waals surface area (Å²) >= 11 is 0. The molecule has 1 fully saturated rings. The standard InChI is InChI=1S/C21H26FNO/c22-19-13-7-8-14-20(21(19)24)23(15-17-9-3-1-4-10-17)16-18-11-5-2-6-12-18/h1-6,9-12,19-21,24H,7-8,13-16H2/t19-,20+,21+/m1/s1. The Morgan fingerprint density at radius 1 is 0.833 bits per heavy atom. The van der Waals surface area contributed by atoms with Crippen molar-refractivity contribution in [3.63, 3.8) is 0 Å². The van der Waals surface area contributed by atoms with E-state index in [0.29, 0.717) is 6.42 Å². The number of rotatable bonds is 5. The van der Waals surface area contributed by atoms with Crippen LogP contribution in [-0.2, 0) is 13.1 Å². The zero-order valence-electron chi connectivity index (χ0n) is 14.0. The Labute approximate surface area is 143 Å². The Bertz CT molecular complexity index is 562. The van der Waals surface area contributed by atoms with Crippen LogP contribution in [0.15, 0.2) is 60.7 Å². The summed E-state index contributed by atoms with van der Waals surface area (Å²) in [6.07, 6.45) is 1.14. The third-order valence-electron chi connectivity index (χ3n) is 4.92. The zero-order valence-corrected chi connectivity index (χ0v) is 14.0. The summed E-state index contributed by atoms with van der Waals surface area (Å²) in [5, 5.41) is 10.5. The Morgan fingerprint density at radius 2 is 1.33 bits per heavy atom. The van der Waals surface area contributed by atoms with Gasteiger partial charge in [-0.1, -0.05) is 73.5 Å². The first-order chi connectivity index (χ1) is 11.7. The molecule has 0 heterocycles. The molecular weight excluding hydrogens is 301 g/mol. The minimum Gasteiger partial charge on any atom is -0.388 e. The third kappa shape index (κ3) is 4.43. The van der Waals surface area contributed by atoms with E-state index in [9.17, 15) is 9.50 Å². The van der Waals surface area contributed by atoms with Gasteiger partial charge in [0.15, 0.2) is 0 Å². The van der Waals surface area contributed by atoms with Crippen LogP contribution in [0.5, 0.6) is 0 Å². The van der Waals surface area contributed by atoms with Crippen molar-refractivity contribution < 1.29 is 9.50 Å². The number of aliphatic hydroxyl groups excluding tert-OH is 1. The lowest BCUT2D eigenvalue weighted by Gasteiger charge is -2.35. The van der Waals surface area contributed by atoms with Crippen LogP contribution >= 0.6 is 0 Å². The van der Waals surface area contributed by atoms with Crippen molar-refractivity contribution in [2.75, 3.05) is 0 Å². The number of halogens is 1. The van der Waals surface area contributed by atoms with E-state index in [4.69, 9.17) is 0 Å². The fourth-order valence-electron chi connectivity index (χ4n) is 3.60. The molecule has 0 saturated heterocycles. The summed E-state index contributed by atoms with van der Waals surface area (Å²) in [7, 11) is 0. The van der Waals surface area contributed by atoms with Crippen molar-refractivity contribution in [2.24, 2.45) is 0 Å². The fourth-order valence-corrected chi connectivity index (χ4v) is 3.60. The minimum absolute atomic E-state index is 0.136. The quantitative estimate of drug-likeness (QED) is 0.826. The molecule has 128 valence electrons. The van der Waals surface area contributed by atoms with Gasteiger partial charge in [0.05, 0.1) is 0 Å². The highest BCUT2D eigenvalue weighted by atomic mass is 19.1. The Balaban J connectivity index is 1.82. The van der Waals surface area contributed by atoms with Crippen LogP contribution in [0.3, 0.4) is 0 Å². The van der Waals surface area contributed by atoms with Crippen molar-refractivity contribution in [2.45, 2.75) is 57.1 Å². The van der Waals surface area contributed by atoms with Crippen molar-refractivity contribution in [3.05, 3.63) is 71.8 Å². The molecule has 0 bridgehead atoms. The summed E-state index contributed by atoms with van der Waals surface area (Å²) in [4.78, 5) is 2.24. The SMILES string of the molecule is O[C@H]1[C@H](F)CCCC[C@@H]1N(Cc1ccccc1)Cc1ccccc1. The molecular formula is C21H26FNO. The summed E-state index contributed by atoms with van der Waals surface area (Å²) in [5.74, 6) is 0. The third-order valence-corrected chi connectivity index (χ3v) is 4.92. The maximum atomic E-state index is 14.2. The van der Waals surface area contributed by atoms with Crippen LogP contribution in [0.1, 0.15) is 36.8 Å². The highest BCUT2D eigenvalue weighted by molar-refractivity contribution is 5.17. The monoisotopic (exact) mass is 327 g/mol. The van der Waals surface area contributed by atoms with E-state index in [2.05, 4.69) is 29.2 Å². The van der Waals surface area contributed by atoms with E-state index in [1.54, 1.807) is 0 Å². The molecule has 1 saturated carbocycles. The minimum atomic E-state index is -1.12. The highest BCUT2D eigenvalue weighted by Gasteiger charge is 2.34. The van der Waals surface area contributed by atoms with E-state index >= 15 is 0 Å². The summed E-state index contributed by atoms with van der Waals surface area (Å²) in [5.41, 5.74) is 2.39. The van der Waals surface area contributed by atoms with E-state index in [-0.39, 0.29) is 6.04 Å². The molecule has 3 rings (SSSR count). The van der Waals surface area contributed by atoms with Gasteiger partial charge in [-0.05, 0) is 24.0 Å². The van der Waals surface area contributed by atoms with Gasteiger partial charge in [0.25, 0.3) is 0 Å². The van der Waals surface area contributed by atoms with Gasteiger partial charge in [-0.3, -0.25) is 4.90 Å². The number of aliphatic hydroxyl groups is 1. The predicted octanol–water partition coefficient (Wildman–Crippen LogP) is 4.33. The lowest BCUT2D eigenvalue weighted by molar-refractivity contribution is -0.00837. The van der Waals surface area contributed by atoms with Crippen LogP contribution in [0.2, 0.25) is 0 Å². The molecule has 2 aromatic carbocycles. The predicted molar refractivity (Wildman–Crippen MR) is 95.3 cm³/mol. The maximum absolute atomic E-state index is 14.2. The van der Waals surface area contributed by atoms with Gasteiger partial charge < -0.3 is 5.11 Å². The first-order valence-corrected chi connectivity index (χ1v) is 8.88. The molecule has 0 aromatic heterocycles. The molecule has 2 aromatic rings. The molecule has 2 nitrogen and oxygen atoms in total. The van der Waals surface area contributed by atoms with E-state index < -0.39 is 12.3 Å². The number of hydrogen-bond donors (Lipinski definition) is 1. The molecule has 0 spiro atoms. The Morgan fingerprint density at radius 3 is 1.88 bits per heavy atom. The van der Waals surface area contributed by atoms with E-state index in [1.165, 1.54) is 11.1 Å². The lowest BCUT2D eigenvalue weighted by atomic mass is 10.0. The van der Waals surface area contributed by atoms with Crippen molar-refractivity contribution >= 4 is 0 Å². The van der Waals surface area contributed by atoms with Gasteiger partial charge in [-0.2, -0.15) is 0 Å². The molecule has 1 N–H and O–H groups in total. The fraction of sp³-hybridized carbons (Fsp3) is 0.429. The second-order valence-electron chi connectivity index (χ2n) is 6.73. The number of nitrogens with zero attached hydrogens (tertiary/aromatic N) is 1. The highest BCUT2D eigenvalue weighted by Crippen LogP contribution is 2.27. The van der Waals surface area contributed by atoms with Crippen LogP contribution < -0.4 is 0 Å². The molecule has 3 heteroatoms. The summed E-state index contributed by atoms with van der Waals surface area (Å²) in [6, 6.07) is 20.3. The van der Waals surface area contributed by atoms with Crippen LogP contribution in [-0.4, -0.2) is 28.3 Å². The Kier molecular flexibility index (Phi) is 6.00. The largest absolute Gasteiger partial charge is 0.388 e. The number of alkyl halides is 1. The first kappa shape index (κ1) is 17.1. The van der Waals surface area contributed by atoms with E-state index in [1.807, 2.05) is 36.4 Å². The summed E-state index contributed by atoms with van der Waals surface area (Å²) in [6.45, 7) is 1.45. The van der Waals surface area contributed by atoms with Gasteiger partial charge in [-0.15, -0.1) is 0 Å². The average Bonchev–Trinajstić information content (AvgIpc) is 2.78. The molecule has 1 aliphatic carbocycles. The summed E-state index contributed by atoms with van der Waals surface area (Å²) < 4.78 is 14.2. The molecule has 0 aliphatic heterocycles. The van der Waals surface area contributed by atoms with Gasteiger partial charge in [0.1, 0.15) is 12.3 Å². The molecule has 3 atom stereocenters. The molecule has 1 aliphatic rings. The van der Waals surface area contributed by atoms with Crippen molar-refractivity contribution in [3.8, 4) is 0 Å². The lowest BCUT2D eigenvalue weighted by Crippen LogP contribution is -2.46. The second-order valence-corrected chi connectivity index (χ2v) is 6.73. The normalized spacial score (nSPS) is 24.7. The van der Waals surface area contributed by atoms with E-state index in [0.717, 1.165) is 32.4 Å². The topological polar surface area (TPSA) is 23.5 Å². The first-order valence-electron chi connectivity index (χ1n) is 8.88. The van der Waals surface area contributed by atoms with Gasteiger partial charge in [-0.25, -0.2) is 4.39 Å². The van der Waals surface area contributed by atoms with Gasteiger partial charge in [0, 0.05) is 19.1 Å². The van der Waals surface area contributed by atoms with Crippen molar-refractivity contribution in [1.29, 1.82) is 0 Å². The van der Waals surface area contributed by atoms with Crippen LogP contribution in [0.4, 0.5) is 4.39 Å². The average molecular weight is 327 g/mol. The Hall–Kier alpha value is -1.71. The van der Waals surface area contributed by atoms with Crippen LogP contribution in [0, 0.1) is 0 Å². The molecule has 0 radical (unpaired) electrons. The molecule has 0 unspecified atom stereocenters. The zero-order chi connectivity index (χ0) is 16.8. The molecule has 24 heavy (non-hydrogen) atoms.